The molecule has 3 aromatic carbocycles. The lowest BCUT2D eigenvalue weighted by Crippen LogP contribution is -2.27. The summed E-state index contributed by atoms with van der Waals surface area (Å²) in [5, 5.41) is 0. The normalized spacial score (nSPS) is 10.3. The molecule has 0 saturated heterocycles. The van der Waals surface area contributed by atoms with Gasteiger partial charge in [0, 0.05) is 12.2 Å². The number of hydrogen-bond donors (Lipinski definition) is 0. The van der Waals surface area contributed by atoms with Gasteiger partial charge in [0.25, 0.3) is 0 Å². The highest BCUT2D eigenvalue weighted by atomic mass is 16.5. The topological polar surface area (TPSA) is 21.7 Å². The van der Waals surface area contributed by atoms with Crippen molar-refractivity contribution in [2.45, 2.75) is 6.92 Å². The minimum absolute atomic E-state index is 0.640. The number of ether oxygens (including phenoxy) is 2. The number of rotatable bonds is 8. The SMILES string of the molecule is CCN(CCOc1ccc(Oc2ccccc2)cc1)c1ccccc1. The fourth-order valence-electron chi connectivity index (χ4n) is 2.61. The van der Waals surface area contributed by atoms with Crippen molar-refractivity contribution in [3.63, 3.8) is 0 Å². The van der Waals surface area contributed by atoms with Crippen LogP contribution in [-0.2, 0) is 0 Å². The Hall–Kier alpha value is -2.94. The zero-order valence-electron chi connectivity index (χ0n) is 14.5. The summed E-state index contributed by atoms with van der Waals surface area (Å²) in [4.78, 5) is 2.30. The molecule has 0 aliphatic carbocycles. The van der Waals surface area contributed by atoms with Crippen LogP contribution in [0, 0.1) is 0 Å². The Kier molecular flexibility index (Phi) is 5.94. The van der Waals surface area contributed by atoms with Crippen molar-refractivity contribution in [3.8, 4) is 17.2 Å². The molecule has 0 spiro atoms. The first-order chi connectivity index (χ1) is 12.3. The summed E-state index contributed by atoms with van der Waals surface area (Å²) in [5.41, 5.74) is 1.22. The summed E-state index contributed by atoms with van der Waals surface area (Å²) in [6, 6.07) is 27.9. The van der Waals surface area contributed by atoms with Crippen LogP contribution < -0.4 is 14.4 Å². The van der Waals surface area contributed by atoms with Crippen molar-refractivity contribution in [2.75, 3.05) is 24.6 Å². The van der Waals surface area contributed by atoms with Gasteiger partial charge in [-0.1, -0.05) is 36.4 Å². The number of nitrogens with zero attached hydrogens (tertiary/aromatic N) is 1. The predicted octanol–water partition coefficient (Wildman–Crippen LogP) is 5.38. The molecule has 0 aliphatic rings. The van der Waals surface area contributed by atoms with Crippen LogP contribution in [0.15, 0.2) is 84.9 Å². The molecule has 0 heterocycles. The van der Waals surface area contributed by atoms with Crippen molar-refractivity contribution in [1.29, 1.82) is 0 Å². The monoisotopic (exact) mass is 333 g/mol. The first-order valence-electron chi connectivity index (χ1n) is 8.61. The summed E-state index contributed by atoms with van der Waals surface area (Å²) >= 11 is 0. The summed E-state index contributed by atoms with van der Waals surface area (Å²) < 4.78 is 11.7. The molecule has 0 saturated carbocycles. The molecule has 0 atom stereocenters. The van der Waals surface area contributed by atoms with E-state index in [9.17, 15) is 0 Å². The molecule has 25 heavy (non-hydrogen) atoms. The highest BCUT2D eigenvalue weighted by Gasteiger charge is 2.04. The zero-order valence-corrected chi connectivity index (χ0v) is 14.5. The Morgan fingerprint density at radius 3 is 1.88 bits per heavy atom. The third-order valence-corrected chi connectivity index (χ3v) is 3.94. The van der Waals surface area contributed by atoms with Gasteiger partial charge in [-0.15, -0.1) is 0 Å². The summed E-state index contributed by atoms with van der Waals surface area (Å²) in [6.45, 7) is 4.60. The maximum Gasteiger partial charge on any atom is 0.127 e. The molecule has 0 aromatic heterocycles. The minimum Gasteiger partial charge on any atom is -0.492 e. The molecule has 0 amide bonds. The fourth-order valence-corrected chi connectivity index (χ4v) is 2.61. The molecule has 0 aliphatic heterocycles. The average Bonchev–Trinajstić information content (AvgIpc) is 2.68. The largest absolute Gasteiger partial charge is 0.492 e. The van der Waals surface area contributed by atoms with Gasteiger partial charge in [0.15, 0.2) is 0 Å². The van der Waals surface area contributed by atoms with Gasteiger partial charge < -0.3 is 14.4 Å². The van der Waals surface area contributed by atoms with Crippen LogP contribution in [0.4, 0.5) is 5.69 Å². The summed E-state index contributed by atoms with van der Waals surface area (Å²) in [5.74, 6) is 2.49. The number of likely N-dealkylation sites (N-methyl/N-ethyl adjacent to an activating group) is 1. The van der Waals surface area contributed by atoms with Gasteiger partial charge in [-0.2, -0.15) is 0 Å². The Balaban J connectivity index is 1.50. The third-order valence-electron chi connectivity index (χ3n) is 3.94. The van der Waals surface area contributed by atoms with Crippen LogP contribution in [0.3, 0.4) is 0 Å². The number of para-hydroxylation sites is 2. The fraction of sp³-hybridized carbons (Fsp3) is 0.182. The lowest BCUT2D eigenvalue weighted by molar-refractivity contribution is 0.323. The molecule has 0 unspecified atom stereocenters. The number of hydrogen-bond acceptors (Lipinski definition) is 3. The van der Waals surface area contributed by atoms with Crippen molar-refractivity contribution < 1.29 is 9.47 Å². The van der Waals surface area contributed by atoms with E-state index in [0.717, 1.165) is 30.3 Å². The van der Waals surface area contributed by atoms with Crippen LogP contribution in [0.2, 0.25) is 0 Å². The lowest BCUT2D eigenvalue weighted by atomic mass is 10.3. The standard InChI is InChI=1S/C22H23NO2/c1-2-23(19-9-5-3-6-10-19)17-18-24-20-13-15-22(16-14-20)25-21-11-7-4-8-12-21/h3-16H,2,17-18H2,1H3. The predicted molar refractivity (Wildman–Crippen MR) is 103 cm³/mol. The second-order valence-corrected chi connectivity index (χ2v) is 5.65. The molecular weight excluding hydrogens is 310 g/mol. The molecule has 3 aromatic rings. The van der Waals surface area contributed by atoms with Crippen LogP contribution in [-0.4, -0.2) is 19.7 Å². The summed E-state index contributed by atoms with van der Waals surface area (Å²) in [7, 11) is 0. The van der Waals surface area contributed by atoms with E-state index in [2.05, 4.69) is 36.1 Å². The second kappa shape index (κ2) is 8.78. The van der Waals surface area contributed by atoms with Crippen molar-refractivity contribution in [1.82, 2.24) is 0 Å². The van der Waals surface area contributed by atoms with E-state index in [1.807, 2.05) is 60.7 Å². The van der Waals surface area contributed by atoms with E-state index < -0.39 is 0 Å². The second-order valence-electron chi connectivity index (χ2n) is 5.65. The molecule has 128 valence electrons. The van der Waals surface area contributed by atoms with Gasteiger partial charge in [0.2, 0.25) is 0 Å². The first-order valence-corrected chi connectivity index (χ1v) is 8.61. The van der Waals surface area contributed by atoms with Gasteiger partial charge in [-0.3, -0.25) is 0 Å². The molecular formula is C22H23NO2. The molecule has 3 heteroatoms. The van der Waals surface area contributed by atoms with Gasteiger partial charge in [-0.25, -0.2) is 0 Å². The van der Waals surface area contributed by atoms with Crippen LogP contribution in [0.5, 0.6) is 17.2 Å². The maximum atomic E-state index is 5.87. The van der Waals surface area contributed by atoms with E-state index in [4.69, 9.17) is 9.47 Å². The Labute approximate surface area is 149 Å². The maximum absolute atomic E-state index is 5.87. The van der Waals surface area contributed by atoms with Crippen molar-refractivity contribution >= 4 is 5.69 Å². The average molecular weight is 333 g/mol. The zero-order chi connectivity index (χ0) is 17.3. The molecule has 0 N–H and O–H groups in total. The van der Waals surface area contributed by atoms with Crippen LogP contribution >= 0.6 is 0 Å². The highest BCUT2D eigenvalue weighted by Crippen LogP contribution is 2.23. The van der Waals surface area contributed by atoms with Crippen molar-refractivity contribution in [3.05, 3.63) is 84.9 Å². The molecule has 0 fully saturated rings. The molecule has 3 rings (SSSR count). The van der Waals surface area contributed by atoms with Crippen LogP contribution in [0.25, 0.3) is 0 Å². The van der Waals surface area contributed by atoms with Gasteiger partial charge in [0.05, 0.1) is 6.54 Å². The first kappa shape index (κ1) is 16.9. The highest BCUT2D eigenvalue weighted by molar-refractivity contribution is 5.45. The molecule has 3 nitrogen and oxygen atoms in total. The quantitative estimate of drug-likeness (QED) is 0.552. The number of benzene rings is 3. The van der Waals surface area contributed by atoms with E-state index in [0.29, 0.717) is 6.61 Å². The summed E-state index contributed by atoms with van der Waals surface area (Å²) in [6.07, 6.45) is 0. The third kappa shape index (κ3) is 5.01. The van der Waals surface area contributed by atoms with E-state index >= 15 is 0 Å². The van der Waals surface area contributed by atoms with Gasteiger partial charge in [-0.05, 0) is 55.5 Å². The minimum atomic E-state index is 0.640. The van der Waals surface area contributed by atoms with Crippen LogP contribution in [0.1, 0.15) is 6.92 Å². The Morgan fingerprint density at radius 2 is 1.24 bits per heavy atom. The number of anilines is 1. The van der Waals surface area contributed by atoms with E-state index in [1.165, 1.54) is 5.69 Å². The molecule has 0 bridgehead atoms. The Bertz CT molecular complexity index is 742. The molecule has 0 radical (unpaired) electrons. The van der Waals surface area contributed by atoms with Gasteiger partial charge >= 0.3 is 0 Å². The Morgan fingerprint density at radius 1 is 0.680 bits per heavy atom. The lowest BCUT2D eigenvalue weighted by Gasteiger charge is -2.23. The van der Waals surface area contributed by atoms with E-state index in [-0.39, 0.29) is 0 Å². The smallest absolute Gasteiger partial charge is 0.127 e. The van der Waals surface area contributed by atoms with Gasteiger partial charge in [0.1, 0.15) is 23.9 Å². The van der Waals surface area contributed by atoms with Crippen molar-refractivity contribution in [2.24, 2.45) is 0 Å². The van der Waals surface area contributed by atoms with E-state index in [1.54, 1.807) is 0 Å².